The standard InChI is InChI=1S/C19H17N3O4/c23-12-16(19(25)21-17-10-11-26-22-17)20-18(24)15-8-6-14(7-9-15)13-4-2-1-3-5-13/h1-11,16,23H,12H2,(H,20,24)(H,21,22,25). The second kappa shape index (κ2) is 8.09. The molecule has 1 unspecified atom stereocenters. The number of nitrogens with one attached hydrogen (secondary N) is 2. The van der Waals surface area contributed by atoms with Crippen LogP contribution in [0.1, 0.15) is 10.4 Å². The lowest BCUT2D eigenvalue weighted by molar-refractivity contribution is -0.118. The molecule has 0 aliphatic heterocycles. The first-order chi connectivity index (χ1) is 12.7. The Hall–Kier alpha value is -3.45. The number of aliphatic hydroxyl groups excluding tert-OH is 1. The average molecular weight is 351 g/mol. The minimum Gasteiger partial charge on any atom is -0.394 e. The number of rotatable bonds is 6. The molecule has 26 heavy (non-hydrogen) atoms. The normalized spacial score (nSPS) is 11.6. The Labute approximate surface area is 149 Å². The fourth-order valence-corrected chi connectivity index (χ4v) is 2.37. The number of amides is 2. The highest BCUT2D eigenvalue weighted by Crippen LogP contribution is 2.19. The Balaban J connectivity index is 1.65. The lowest BCUT2D eigenvalue weighted by Gasteiger charge is -2.15. The van der Waals surface area contributed by atoms with Gasteiger partial charge in [0.05, 0.1) is 6.61 Å². The summed E-state index contributed by atoms with van der Waals surface area (Å²) in [6.07, 6.45) is 1.30. The molecular weight excluding hydrogens is 334 g/mol. The molecule has 3 aromatic rings. The van der Waals surface area contributed by atoms with Crippen molar-refractivity contribution in [2.75, 3.05) is 11.9 Å². The first-order valence-corrected chi connectivity index (χ1v) is 7.96. The maximum absolute atomic E-state index is 12.3. The Morgan fingerprint density at radius 1 is 1.00 bits per heavy atom. The van der Waals surface area contributed by atoms with Gasteiger partial charge in [-0.1, -0.05) is 47.6 Å². The SMILES string of the molecule is O=C(NC(CO)C(=O)Nc1ccon1)c1ccc(-c2ccccc2)cc1. The van der Waals surface area contributed by atoms with Gasteiger partial charge in [-0.25, -0.2) is 0 Å². The van der Waals surface area contributed by atoms with Gasteiger partial charge in [-0.15, -0.1) is 0 Å². The number of hydrogen-bond donors (Lipinski definition) is 3. The van der Waals surface area contributed by atoms with Gasteiger partial charge in [0.2, 0.25) is 0 Å². The average Bonchev–Trinajstić information content (AvgIpc) is 3.19. The minimum atomic E-state index is -1.10. The van der Waals surface area contributed by atoms with E-state index in [-0.39, 0.29) is 5.82 Å². The zero-order valence-electron chi connectivity index (χ0n) is 13.8. The van der Waals surface area contributed by atoms with Gasteiger partial charge in [0, 0.05) is 11.6 Å². The molecule has 2 amide bonds. The molecule has 1 aromatic heterocycles. The molecule has 7 heteroatoms. The van der Waals surface area contributed by atoms with Gasteiger partial charge in [-0.2, -0.15) is 0 Å². The van der Waals surface area contributed by atoms with E-state index in [9.17, 15) is 14.7 Å². The Bertz CT molecular complexity index is 862. The summed E-state index contributed by atoms with van der Waals surface area (Å²) < 4.78 is 4.61. The van der Waals surface area contributed by atoms with Crippen LogP contribution in [0.2, 0.25) is 0 Å². The van der Waals surface area contributed by atoms with Crippen molar-refractivity contribution in [3.05, 3.63) is 72.5 Å². The molecule has 3 N–H and O–H groups in total. The van der Waals surface area contributed by atoms with Gasteiger partial charge >= 0.3 is 0 Å². The van der Waals surface area contributed by atoms with Crippen molar-refractivity contribution in [2.45, 2.75) is 6.04 Å². The minimum absolute atomic E-state index is 0.204. The highest BCUT2D eigenvalue weighted by molar-refractivity contribution is 6.01. The van der Waals surface area contributed by atoms with E-state index in [0.29, 0.717) is 5.56 Å². The molecule has 0 spiro atoms. The van der Waals surface area contributed by atoms with E-state index in [4.69, 9.17) is 0 Å². The van der Waals surface area contributed by atoms with E-state index in [2.05, 4.69) is 20.3 Å². The number of nitrogens with zero attached hydrogens (tertiary/aromatic N) is 1. The smallest absolute Gasteiger partial charge is 0.251 e. The van der Waals surface area contributed by atoms with Crippen LogP contribution in [-0.4, -0.2) is 34.7 Å². The highest BCUT2D eigenvalue weighted by atomic mass is 16.5. The summed E-state index contributed by atoms with van der Waals surface area (Å²) in [5.41, 5.74) is 2.40. The van der Waals surface area contributed by atoms with E-state index < -0.39 is 24.5 Å². The topological polar surface area (TPSA) is 104 Å². The van der Waals surface area contributed by atoms with E-state index in [1.54, 1.807) is 12.1 Å². The summed E-state index contributed by atoms with van der Waals surface area (Å²) in [6, 6.07) is 17.1. The van der Waals surface area contributed by atoms with Gasteiger partial charge in [0.1, 0.15) is 12.3 Å². The van der Waals surface area contributed by atoms with Crippen LogP contribution >= 0.6 is 0 Å². The van der Waals surface area contributed by atoms with Crippen LogP contribution in [0, 0.1) is 0 Å². The third-order valence-corrected chi connectivity index (χ3v) is 3.75. The summed E-state index contributed by atoms with van der Waals surface area (Å²) in [5.74, 6) is -0.843. The Morgan fingerprint density at radius 3 is 2.31 bits per heavy atom. The molecule has 0 aliphatic rings. The number of carbonyl (C=O) groups excluding carboxylic acids is 2. The number of carbonyl (C=O) groups is 2. The predicted octanol–water partition coefficient (Wildman–Crippen LogP) is 2.07. The van der Waals surface area contributed by atoms with Crippen molar-refractivity contribution in [3.63, 3.8) is 0 Å². The number of aromatic nitrogens is 1. The quantitative estimate of drug-likeness (QED) is 0.631. The molecule has 2 aromatic carbocycles. The maximum atomic E-state index is 12.3. The van der Waals surface area contributed by atoms with Crippen molar-refractivity contribution < 1.29 is 19.2 Å². The Kier molecular flexibility index (Phi) is 5.40. The molecule has 0 radical (unpaired) electrons. The lowest BCUT2D eigenvalue weighted by Crippen LogP contribution is -2.46. The summed E-state index contributed by atoms with van der Waals surface area (Å²) in [6.45, 7) is -0.544. The zero-order valence-corrected chi connectivity index (χ0v) is 13.8. The first kappa shape index (κ1) is 17.4. The zero-order chi connectivity index (χ0) is 18.4. The van der Waals surface area contributed by atoms with Crippen LogP contribution in [0.15, 0.2) is 71.4 Å². The second-order valence-electron chi connectivity index (χ2n) is 5.53. The van der Waals surface area contributed by atoms with Crippen LogP contribution < -0.4 is 10.6 Å². The maximum Gasteiger partial charge on any atom is 0.251 e. The van der Waals surface area contributed by atoms with Crippen molar-refractivity contribution in [1.82, 2.24) is 10.5 Å². The lowest BCUT2D eigenvalue weighted by atomic mass is 10.0. The monoisotopic (exact) mass is 351 g/mol. The van der Waals surface area contributed by atoms with Crippen molar-refractivity contribution >= 4 is 17.6 Å². The first-order valence-electron chi connectivity index (χ1n) is 7.96. The molecule has 0 saturated carbocycles. The van der Waals surface area contributed by atoms with Gasteiger partial charge in [-0.3, -0.25) is 9.59 Å². The molecule has 0 fully saturated rings. The third-order valence-electron chi connectivity index (χ3n) is 3.75. The summed E-state index contributed by atoms with van der Waals surface area (Å²) in [4.78, 5) is 24.4. The van der Waals surface area contributed by atoms with Gasteiger partial charge in [0.15, 0.2) is 5.82 Å². The molecule has 0 saturated heterocycles. The van der Waals surface area contributed by atoms with Gasteiger partial charge < -0.3 is 20.3 Å². The number of benzene rings is 2. The van der Waals surface area contributed by atoms with Crippen molar-refractivity contribution in [2.24, 2.45) is 0 Å². The third kappa shape index (κ3) is 4.14. The largest absolute Gasteiger partial charge is 0.394 e. The fraction of sp³-hybridized carbons (Fsp3) is 0.105. The van der Waals surface area contributed by atoms with Crippen molar-refractivity contribution in [3.8, 4) is 11.1 Å². The Morgan fingerprint density at radius 2 is 1.69 bits per heavy atom. The van der Waals surface area contributed by atoms with Crippen molar-refractivity contribution in [1.29, 1.82) is 0 Å². The van der Waals surface area contributed by atoms with E-state index in [1.165, 1.54) is 12.3 Å². The molecule has 1 heterocycles. The van der Waals surface area contributed by atoms with Gasteiger partial charge in [-0.05, 0) is 23.3 Å². The molecule has 1 atom stereocenters. The molecular formula is C19H17N3O4. The van der Waals surface area contributed by atoms with E-state index in [0.717, 1.165) is 11.1 Å². The van der Waals surface area contributed by atoms with Crippen LogP contribution in [0.3, 0.4) is 0 Å². The molecule has 132 valence electrons. The molecule has 3 rings (SSSR count). The second-order valence-corrected chi connectivity index (χ2v) is 5.53. The summed E-state index contributed by atoms with van der Waals surface area (Å²) in [5, 5.41) is 17.9. The number of hydrogen-bond acceptors (Lipinski definition) is 5. The van der Waals surface area contributed by atoms with Gasteiger partial charge in [0.25, 0.3) is 11.8 Å². The van der Waals surface area contributed by atoms with Crippen LogP contribution in [0.5, 0.6) is 0 Å². The molecule has 0 bridgehead atoms. The summed E-state index contributed by atoms with van der Waals surface area (Å²) >= 11 is 0. The fourth-order valence-electron chi connectivity index (χ4n) is 2.37. The van der Waals surface area contributed by atoms with Crippen LogP contribution in [0.4, 0.5) is 5.82 Å². The molecule has 0 aliphatic carbocycles. The number of anilines is 1. The predicted molar refractivity (Wildman–Crippen MR) is 95.4 cm³/mol. The van der Waals surface area contributed by atoms with E-state index in [1.807, 2.05) is 42.5 Å². The number of aliphatic hydroxyl groups is 1. The van der Waals surface area contributed by atoms with Crippen LogP contribution in [0.25, 0.3) is 11.1 Å². The molecule has 7 nitrogen and oxygen atoms in total. The van der Waals surface area contributed by atoms with E-state index >= 15 is 0 Å². The highest BCUT2D eigenvalue weighted by Gasteiger charge is 2.21. The van der Waals surface area contributed by atoms with Crippen LogP contribution in [-0.2, 0) is 4.79 Å². The summed E-state index contributed by atoms with van der Waals surface area (Å²) in [7, 11) is 0.